The lowest BCUT2D eigenvalue weighted by atomic mass is 10.0. The van der Waals surface area contributed by atoms with Crippen LogP contribution in [0.2, 0.25) is 0 Å². The number of hydrazine groups is 1. The summed E-state index contributed by atoms with van der Waals surface area (Å²) in [5.74, 6) is 6.87. The molecule has 0 aliphatic carbocycles. The van der Waals surface area contributed by atoms with E-state index in [0.717, 1.165) is 37.0 Å². The second kappa shape index (κ2) is 6.02. The SMILES string of the molecule is NNc1nc(OCC2CCOCC2)c2ccccc2n1. The molecule has 6 heteroatoms. The summed E-state index contributed by atoms with van der Waals surface area (Å²) in [6, 6.07) is 7.74. The van der Waals surface area contributed by atoms with Crippen molar-refractivity contribution >= 4 is 16.9 Å². The molecule has 20 heavy (non-hydrogen) atoms. The average Bonchev–Trinajstić information content (AvgIpc) is 2.53. The van der Waals surface area contributed by atoms with E-state index < -0.39 is 0 Å². The van der Waals surface area contributed by atoms with Crippen LogP contribution < -0.4 is 16.0 Å². The third kappa shape index (κ3) is 2.81. The minimum atomic E-state index is 0.366. The van der Waals surface area contributed by atoms with E-state index in [1.165, 1.54) is 0 Å². The van der Waals surface area contributed by atoms with E-state index in [2.05, 4.69) is 15.4 Å². The van der Waals surface area contributed by atoms with Gasteiger partial charge in [-0.2, -0.15) is 4.98 Å². The Morgan fingerprint density at radius 3 is 2.85 bits per heavy atom. The van der Waals surface area contributed by atoms with Crippen molar-refractivity contribution in [3.63, 3.8) is 0 Å². The maximum absolute atomic E-state index is 5.90. The Bertz CT molecular complexity index is 584. The van der Waals surface area contributed by atoms with E-state index in [1.54, 1.807) is 0 Å². The first-order valence-corrected chi connectivity index (χ1v) is 6.81. The Morgan fingerprint density at radius 1 is 1.25 bits per heavy atom. The molecule has 3 N–H and O–H groups in total. The average molecular weight is 274 g/mol. The van der Waals surface area contributed by atoms with Gasteiger partial charge in [0.2, 0.25) is 11.8 Å². The van der Waals surface area contributed by atoms with Crippen LogP contribution in [0.1, 0.15) is 12.8 Å². The smallest absolute Gasteiger partial charge is 0.241 e. The fourth-order valence-corrected chi connectivity index (χ4v) is 2.33. The molecule has 0 spiro atoms. The quantitative estimate of drug-likeness (QED) is 0.652. The minimum absolute atomic E-state index is 0.366. The second-order valence-electron chi connectivity index (χ2n) is 4.88. The largest absolute Gasteiger partial charge is 0.477 e. The summed E-state index contributed by atoms with van der Waals surface area (Å²) in [5.41, 5.74) is 3.29. The number of rotatable bonds is 4. The van der Waals surface area contributed by atoms with Gasteiger partial charge in [-0.15, -0.1) is 0 Å². The summed E-state index contributed by atoms with van der Waals surface area (Å²) in [6.45, 7) is 2.27. The van der Waals surface area contributed by atoms with Gasteiger partial charge in [-0.3, -0.25) is 5.43 Å². The lowest BCUT2D eigenvalue weighted by Gasteiger charge is -2.22. The third-order valence-corrected chi connectivity index (χ3v) is 3.49. The lowest BCUT2D eigenvalue weighted by Crippen LogP contribution is -2.22. The molecular weight excluding hydrogens is 256 g/mol. The Labute approximate surface area is 117 Å². The zero-order chi connectivity index (χ0) is 13.8. The number of nitrogens with two attached hydrogens (primary N) is 1. The van der Waals surface area contributed by atoms with Crippen LogP contribution in [0.5, 0.6) is 5.88 Å². The van der Waals surface area contributed by atoms with Crippen molar-refractivity contribution in [2.45, 2.75) is 12.8 Å². The summed E-state index contributed by atoms with van der Waals surface area (Å²) in [7, 11) is 0. The normalized spacial score (nSPS) is 16.2. The minimum Gasteiger partial charge on any atom is -0.477 e. The van der Waals surface area contributed by atoms with Crippen LogP contribution in [0.3, 0.4) is 0 Å². The van der Waals surface area contributed by atoms with Crippen LogP contribution >= 0.6 is 0 Å². The van der Waals surface area contributed by atoms with Crippen molar-refractivity contribution < 1.29 is 9.47 Å². The molecule has 6 nitrogen and oxygen atoms in total. The molecule has 0 radical (unpaired) electrons. The molecule has 106 valence electrons. The summed E-state index contributed by atoms with van der Waals surface area (Å²) >= 11 is 0. The summed E-state index contributed by atoms with van der Waals surface area (Å²) in [6.07, 6.45) is 2.07. The van der Waals surface area contributed by atoms with Crippen molar-refractivity contribution in [3.05, 3.63) is 24.3 Å². The monoisotopic (exact) mass is 274 g/mol. The Kier molecular flexibility index (Phi) is 3.94. The Morgan fingerprint density at radius 2 is 2.05 bits per heavy atom. The van der Waals surface area contributed by atoms with Gasteiger partial charge in [-0.25, -0.2) is 10.8 Å². The van der Waals surface area contributed by atoms with E-state index in [1.807, 2.05) is 24.3 Å². The number of nitrogens with zero attached hydrogens (tertiary/aromatic N) is 2. The van der Waals surface area contributed by atoms with E-state index in [0.29, 0.717) is 24.4 Å². The number of aromatic nitrogens is 2. The molecule has 1 aromatic heterocycles. The van der Waals surface area contributed by atoms with Gasteiger partial charge in [0.15, 0.2) is 0 Å². The van der Waals surface area contributed by atoms with Crippen LogP contribution in [-0.2, 0) is 4.74 Å². The molecule has 2 heterocycles. The first kappa shape index (κ1) is 13.1. The first-order valence-electron chi connectivity index (χ1n) is 6.81. The number of benzene rings is 1. The standard InChI is InChI=1S/C14H18N4O2/c15-18-14-16-12-4-2-1-3-11(12)13(17-14)20-9-10-5-7-19-8-6-10/h1-4,10H,5-9,15H2,(H,16,17,18). The van der Waals surface area contributed by atoms with Gasteiger partial charge >= 0.3 is 0 Å². The predicted molar refractivity (Wildman–Crippen MR) is 76.4 cm³/mol. The Hall–Kier alpha value is -1.92. The molecule has 0 unspecified atom stereocenters. The van der Waals surface area contributed by atoms with Crippen LogP contribution in [0.4, 0.5) is 5.95 Å². The summed E-state index contributed by atoms with van der Waals surface area (Å²) < 4.78 is 11.2. The topological polar surface area (TPSA) is 82.3 Å². The molecule has 0 saturated carbocycles. The fraction of sp³-hybridized carbons (Fsp3) is 0.429. The van der Waals surface area contributed by atoms with Gasteiger partial charge in [0, 0.05) is 13.2 Å². The fourth-order valence-electron chi connectivity index (χ4n) is 2.33. The molecule has 2 aromatic rings. The maximum Gasteiger partial charge on any atom is 0.241 e. The highest BCUT2D eigenvalue weighted by molar-refractivity contribution is 5.84. The lowest BCUT2D eigenvalue weighted by molar-refractivity contribution is 0.0493. The number of nitrogen functional groups attached to an aromatic ring is 1. The van der Waals surface area contributed by atoms with Gasteiger partial charge < -0.3 is 9.47 Å². The molecule has 1 aliphatic heterocycles. The second-order valence-corrected chi connectivity index (χ2v) is 4.88. The van der Waals surface area contributed by atoms with E-state index in [-0.39, 0.29) is 0 Å². The van der Waals surface area contributed by atoms with Crippen LogP contribution in [0.25, 0.3) is 10.9 Å². The van der Waals surface area contributed by atoms with Crippen LogP contribution in [-0.4, -0.2) is 29.8 Å². The molecule has 3 rings (SSSR count). The zero-order valence-corrected chi connectivity index (χ0v) is 11.2. The van der Waals surface area contributed by atoms with Gasteiger partial charge in [0.05, 0.1) is 17.5 Å². The predicted octanol–water partition coefficient (Wildman–Crippen LogP) is 1.72. The number of ether oxygens (including phenoxy) is 2. The van der Waals surface area contributed by atoms with E-state index in [4.69, 9.17) is 15.3 Å². The highest BCUT2D eigenvalue weighted by Crippen LogP contribution is 2.25. The number of fused-ring (bicyclic) bond motifs is 1. The molecule has 1 fully saturated rings. The molecular formula is C14H18N4O2. The Balaban J connectivity index is 1.81. The maximum atomic E-state index is 5.90. The molecule has 1 saturated heterocycles. The van der Waals surface area contributed by atoms with Gasteiger partial charge in [-0.05, 0) is 30.9 Å². The first-order chi connectivity index (χ1) is 9.86. The number of hydrogen-bond donors (Lipinski definition) is 2. The van der Waals surface area contributed by atoms with Crippen molar-refractivity contribution in [1.82, 2.24) is 9.97 Å². The molecule has 0 amide bonds. The number of para-hydroxylation sites is 1. The summed E-state index contributed by atoms with van der Waals surface area (Å²) in [5, 5.41) is 0.901. The molecule has 1 aliphatic rings. The van der Waals surface area contributed by atoms with Gasteiger partial charge in [0.1, 0.15) is 0 Å². The molecule has 0 bridgehead atoms. The zero-order valence-electron chi connectivity index (χ0n) is 11.2. The number of nitrogens with one attached hydrogen (secondary N) is 1. The van der Waals surface area contributed by atoms with Crippen molar-refractivity contribution in [2.24, 2.45) is 11.8 Å². The number of hydrogen-bond acceptors (Lipinski definition) is 6. The van der Waals surface area contributed by atoms with Crippen molar-refractivity contribution in [3.8, 4) is 5.88 Å². The van der Waals surface area contributed by atoms with Crippen molar-refractivity contribution in [2.75, 3.05) is 25.2 Å². The van der Waals surface area contributed by atoms with E-state index >= 15 is 0 Å². The highest BCUT2D eigenvalue weighted by Gasteiger charge is 2.16. The van der Waals surface area contributed by atoms with Gasteiger partial charge in [0.25, 0.3) is 0 Å². The van der Waals surface area contributed by atoms with Crippen LogP contribution in [0.15, 0.2) is 24.3 Å². The van der Waals surface area contributed by atoms with E-state index in [9.17, 15) is 0 Å². The molecule has 0 atom stereocenters. The third-order valence-electron chi connectivity index (χ3n) is 3.49. The number of anilines is 1. The van der Waals surface area contributed by atoms with Gasteiger partial charge in [-0.1, -0.05) is 12.1 Å². The molecule has 1 aromatic carbocycles. The van der Waals surface area contributed by atoms with Crippen LogP contribution in [0, 0.1) is 5.92 Å². The highest BCUT2D eigenvalue weighted by atomic mass is 16.5. The van der Waals surface area contributed by atoms with Crippen molar-refractivity contribution in [1.29, 1.82) is 0 Å². The summed E-state index contributed by atoms with van der Waals surface area (Å²) in [4.78, 5) is 8.60.